The Morgan fingerprint density at radius 3 is 2.71 bits per heavy atom. The lowest BCUT2D eigenvalue weighted by molar-refractivity contribution is -0.139. The third kappa shape index (κ3) is 3.12. The molecule has 0 fully saturated rings. The highest BCUT2D eigenvalue weighted by Gasteiger charge is 2.30. The Bertz CT molecular complexity index is 293. The minimum Gasteiger partial charge on any atom is -0.366 e. The zero-order valence-electron chi connectivity index (χ0n) is 7.21. The van der Waals surface area contributed by atoms with E-state index in [-0.39, 0.29) is 12.1 Å². The third-order valence-corrected chi connectivity index (χ3v) is 1.63. The summed E-state index contributed by atoms with van der Waals surface area (Å²) in [6.45, 7) is -0.940. The highest BCUT2D eigenvalue weighted by Crippen LogP contribution is 2.18. The second kappa shape index (κ2) is 3.73. The average Bonchev–Trinajstić information content (AvgIpc) is 2.01. The van der Waals surface area contributed by atoms with Crippen LogP contribution in [0, 0.1) is 0 Å². The summed E-state index contributed by atoms with van der Waals surface area (Å²) >= 11 is 0. The van der Waals surface area contributed by atoms with Gasteiger partial charge in [-0.3, -0.25) is 4.79 Å². The predicted octanol–water partition coefficient (Wildman–Crippen LogP) is 0.790. The Balaban J connectivity index is 2.67. The van der Waals surface area contributed by atoms with Crippen LogP contribution in [0.15, 0.2) is 23.9 Å². The van der Waals surface area contributed by atoms with E-state index in [0.29, 0.717) is 0 Å². The zero-order chi connectivity index (χ0) is 10.8. The lowest BCUT2D eigenvalue weighted by atomic mass is 10.2. The van der Waals surface area contributed by atoms with Gasteiger partial charge >= 0.3 is 6.18 Å². The van der Waals surface area contributed by atoms with E-state index in [0.717, 1.165) is 11.1 Å². The summed E-state index contributed by atoms with van der Waals surface area (Å²) in [5.41, 5.74) is 5.01. The average molecular weight is 206 g/mol. The number of nitrogens with zero attached hydrogens (tertiary/aromatic N) is 1. The molecule has 1 rings (SSSR count). The number of nitrogens with two attached hydrogens (primary N) is 1. The summed E-state index contributed by atoms with van der Waals surface area (Å²) < 4.78 is 35.9. The Kier molecular flexibility index (Phi) is 2.83. The third-order valence-electron chi connectivity index (χ3n) is 1.63. The summed E-state index contributed by atoms with van der Waals surface area (Å²) in [6.07, 6.45) is -0.276. The van der Waals surface area contributed by atoms with Crippen molar-refractivity contribution in [2.45, 2.75) is 6.18 Å². The van der Waals surface area contributed by atoms with Gasteiger partial charge in [0.15, 0.2) is 0 Å². The van der Waals surface area contributed by atoms with E-state index in [4.69, 9.17) is 5.73 Å². The molecule has 0 spiro atoms. The maximum atomic E-state index is 12.0. The molecule has 0 atom stereocenters. The molecule has 0 saturated heterocycles. The summed E-state index contributed by atoms with van der Waals surface area (Å²) in [4.78, 5) is 11.6. The fourth-order valence-corrected chi connectivity index (χ4v) is 1.09. The highest BCUT2D eigenvalue weighted by atomic mass is 19.4. The van der Waals surface area contributed by atoms with Gasteiger partial charge in [-0.15, -0.1) is 0 Å². The highest BCUT2D eigenvalue weighted by molar-refractivity contribution is 5.94. The van der Waals surface area contributed by atoms with Gasteiger partial charge in [-0.25, -0.2) is 0 Å². The first kappa shape index (κ1) is 10.6. The molecule has 78 valence electrons. The van der Waals surface area contributed by atoms with Crippen molar-refractivity contribution in [3.63, 3.8) is 0 Å². The van der Waals surface area contributed by atoms with Crippen molar-refractivity contribution in [1.29, 1.82) is 0 Å². The number of hydrogen-bond donors (Lipinski definition) is 1. The van der Waals surface area contributed by atoms with E-state index in [9.17, 15) is 18.0 Å². The molecule has 0 radical (unpaired) electrons. The minimum atomic E-state index is -4.27. The van der Waals surface area contributed by atoms with Crippen LogP contribution in [0.5, 0.6) is 0 Å². The van der Waals surface area contributed by atoms with Crippen LogP contribution in [0.4, 0.5) is 13.2 Å². The molecule has 1 heterocycles. The van der Waals surface area contributed by atoms with Crippen molar-refractivity contribution in [3.8, 4) is 0 Å². The summed E-state index contributed by atoms with van der Waals surface area (Å²) in [7, 11) is 0. The molecular formula is C8H9F3N2O. The monoisotopic (exact) mass is 206 g/mol. The molecule has 0 saturated carbocycles. The molecule has 0 aliphatic carbocycles. The van der Waals surface area contributed by atoms with Crippen LogP contribution >= 0.6 is 0 Å². The van der Waals surface area contributed by atoms with Crippen molar-refractivity contribution in [1.82, 2.24) is 4.90 Å². The summed E-state index contributed by atoms with van der Waals surface area (Å²) in [5, 5.41) is 0. The molecule has 1 aliphatic heterocycles. The first-order valence-corrected chi connectivity index (χ1v) is 3.87. The van der Waals surface area contributed by atoms with E-state index < -0.39 is 18.6 Å². The topological polar surface area (TPSA) is 46.3 Å². The Labute approximate surface area is 78.7 Å². The number of rotatable bonds is 2. The standard InChI is InChI=1S/C8H9F3N2O/c9-8(10,11)5-13-3-1-2-6(4-13)7(12)14/h1-2,4H,3,5H2,(H2,12,14). The van der Waals surface area contributed by atoms with Crippen LogP contribution in [0.3, 0.4) is 0 Å². The normalized spacial score (nSPS) is 16.8. The maximum absolute atomic E-state index is 12.0. The molecular weight excluding hydrogens is 197 g/mol. The number of amides is 1. The van der Waals surface area contributed by atoms with E-state index in [1.807, 2.05) is 0 Å². The van der Waals surface area contributed by atoms with Crippen LogP contribution in [0.2, 0.25) is 0 Å². The van der Waals surface area contributed by atoms with Crippen LogP contribution in [-0.4, -0.2) is 30.1 Å². The zero-order valence-corrected chi connectivity index (χ0v) is 7.21. The smallest absolute Gasteiger partial charge is 0.366 e. The molecule has 2 N–H and O–H groups in total. The summed E-state index contributed by atoms with van der Waals surface area (Å²) in [5.74, 6) is -0.729. The van der Waals surface area contributed by atoms with Crippen molar-refractivity contribution in [2.24, 2.45) is 5.73 Å². The lowest BCUT2D eigenvalue weighted by Gasteiger charge is -2.23. The molecule has 6 heteroatoms. The Hall–Kier alpha value is -1.46. The summed E-state index contributed by atoms with van der Waals surface area (Å²) in [6, 6.07) is 0. The molecule has 1 amide bonds. The van der Waals surface area contributed by atoms with Gasteiger partial charge in [-0.1, -0.05) is 12.2 Å². The number of primary amides is 1. The second-order valence-electron chi connectivity index (χ2n) is 2.90. The molecule has 1 aliphatic rings. The SMILES string of the molecule is NC(=O)C1=CN(CC(F)(F)F)CC=C1. The molecule has 0 aromatic heterocycles. The fourth-order valence-electron chi connectivity index (χ4n) is 1.09. The van der Waals surface area contributed by atoms with Crippen LogP contribution in [-0.2, 0) is 4.79 Å². The largest absolute Gasteiger partial charge is 0.405 e. The maximum Gasteiger partial charge on any atom is 0.405 e. The Morgan fingerprint density at radius 1 is 1.57 bits per heavy atom. The van der Waals surface area contributed by atoms with E-state index in [1.54, 1.807) is 0 Å². The second-order valence-corrected chi connectivity index (χ2v) is 2.90. The van der Waals surface area contributed by atoms with Gasteiger partial charge in [0.05, 0.1) is 5.57 Å². The van der Waals surface area contributed by atoms with Crippen molar-refractivity contribution < 1.29 is 18.0 Å². The number of hydrogen-bond acceptors (Lipinski definition) is 2. The number of carbonyl (C=O) groups is 1. The van der Waals surface area contributed by atoms with Gasteiger partial charge in [0, 0.05) is 12.7 Å². The molecule has 14 heavy (non-hydrogen) atoms. The molecule has 0 aromatic rings. The van der Waals surface area contributed by atoms with Gasteiger partial charge in [0.2, 0.25) is 5.91 Å². The lowest BCUT2D eigenvalue weighted by Crippen LogP contribution is -2.33. The van der Waals surface area contributed by atoms with E-state index >= 15 is 0 Å². The van der Waals surface area contributed by atoms with Gasteiger partial charge in [-0.05, 0) is 0 Å². The van der Waals surface area contributed by atoms with Gasteiger partial charge in [0.25, 0.3) is 0 Å². The first-order chi connectivity index (χ1) is 6.38. The fraction of sp³-hybridized carbons (Fsp3) is 0.375. The number of alkyl halides is 3. The molecule has 0 bridgehead atoms. The quantitative estimate of drug-likeness (QED) is 0.726. The number of halogens is 3. The van der Waals surface area contributed by atoms with E-state index in [2.05, 4.69) is 0 Å². The minimum absolute atomic E-state index is 0.0838. The van der Waals surface area contributed by atoms with Gasteiger partial charge in [0.1, 0.15) is 6.54 Å². The van der Waals surface area contributed by atoms with Crippen molar-refractivity contribution in [3.05, 3.63) is 23.9 Å². The first-order valence-electron chi connectivity index (χ1n) is 3.87. The van der Waals surface area contributed by atoms with Crippen LogP contribution in [0.25, 0.3) is 0 Å². The molecule has 0 unspecified atom stereocenters. The van der Waals surface area contributed by atoms with Gasteiger partial charge < -0.3 is 10.6 Å². The molecule has 3 nitrogen and oxygen atoms in total. The van der Waals surface area contributed by atoms with Gasteiger partial charge in [-0.2, -0.15) is 13.2 Å². The predicted molar refractivity (Wildman–Crippen MR) is 44.0 cm³/mol. The van der Waals surface area contributed by atoms with E-state index in [1.165, 1.54) is 12.2 Å². The van der Waals surface area contributed by atoms with Crippen LogP contribution < -0.4 is 5.73 Å². The Morgan fingerprint density at radius 2 is 2.21 bits per heavy atom. The number of carbonyl (C=O) groups excluding carboxylic acids is 1. The van der Waals surface area contributed by atoms with Crippen molar-refractivity contribution in [2.75, 3.05) is 13.1 Å². The van der Waals surface area contributed by atoms with Crippen LogP contribution in [0.1, 0.15) is 0 Å². The van der Waals surface area contributed by atoms with Crippen molar-refractivity contribution >= 4 is 5.91 Å². The molecule has 0 aromatic carbocycles.